The Kier molecular flexibility index (Phi) is 7.06. The molecule has 1 aromatic carbocycles. The van der Waals surface area contributed by atoms with Crippen LogP contribution in [0.3, 0.4) is 0 Å². The lowest BCUT2D eigenvalue weighted by atomic mass is 9.99. The van der Waals surface area contributed by atoms with E-state index in [1.54, 1.807) is 0 Å². The molecule has 0 bridgehead atoms. The Morgan fingerprint density at radius 2 is 1.81 bits per heavy atom. The van der Waals surface area contributed by atoms with Crippen LogP contribution in [0.1, 0.15) is 63.5 Å². The first kappa shape index (κ1) is 15.8. The largest absolute Gasteiger partial charge is 0.250 e. The third kappa shape index (κ3) is 5.74. The Bertz CT molecular complexity index is 462. The Labute approximate surface area is 129 Å². The van der Waals surface area contributed by atoms with Gasteiger partial charge in [-0.25, -0.2) is 4.57 Å². The van der Waals surface area contributed by atoms with Crippen molar-refractivity contribution in [2.45, 2.75) is 64.3 Å². The number of hydrogen-bond acceptors (Lipinski definition) is 0. The molecule has 0 radical (unpaired) electrons. The Hall–Kier alpha value is -1.57. The Balaban J connectivity index is 1.81. The Morgan fingerprint density at radius 3 is 2.52 bits per heavy atom. The number of benzene rings is 1. The quantitative estimate of drug-likeness (QED) is 0.476. The molecule has 2 rings (SSSR count). The lowest BCUT2D eigenvalue weighted by molar-refractivity contribution is -0.723. The molecule has 21 heavy (non-hydrogen) atoms. The van der Waals surface area contributed by atoms with Gasteiger partial charge in [-0.3, -0.25) is 4.98 Å². The van der Waals surface area contributed by atoms with Gasteiger partial charge in [0.15, 0.2) is 0 Å². The van der Waals surface area contributed by atoms with Gasteiger partial charge in [0, 0.05) is 0 Å². The highest BCUT2D eigenvalue weighted by Crippen LogP contribution is 2.17. The SMILES string of the molecule is CCCCCCCC(CCc1ccccc1)[n+]1cc[nH]c1. The van der Waals surface area contributed by atoms with Crippen LogP contribution in [-0.2, 0) is 6.42 Å². The molecule has 0 saturated carbocycles. The minimum atomic E-state index is 0.623. The average molecular weight is 285 g/mol. The van der Waals surface area contributed by atoms with Crippen molar-refractivity contribution in [2.75, 3.05) is 0 Å². The summed E-state index contributed by atoms with van der Waals surface area (Å²) in [7, 11) is 0. The number of nitrogens with one attached hydrogen (secondary N) is 1. The van der Waals surface area contributed by atoms with E-state index in [-0.39, 0.29) is 0 Å². The molecule has 2 aromatic rings. The highest BCUT2D eigenvalue weighted by atomic mass is 15.0. The summed E-state index contributed by atoms with van der Waals surface area (Å²) in [5.41, 5.74) is 1.45. The first-order chi connectivity index (χ1) is 10.4. The molecule has 1 heterocycles. The van der Waals surface area contributed by atoms with Gasteiger partial charge < -0.3 is 0 Å². The van der Waals surface area contributed by atoms with Gasteiger partial charge in [-0.2, -0.15) is 0 Å². The van der Waals surface area contributed by atoms with Crippen molar-refractivity contribution in [2.24, 2.45) is 0 Å². The molecule has 0 aliphatic heterocycles. The minimum absolute atomic E-state index is 0.623. The van der Waals surface area contributed by atoms with E-state index in [1.165, 1.54) is 56.9 Å². The van der Waals surface area contributed by atoms with Crippen molar-refractivity contribution in [1.29, 1.82) is 0 Å². The number of imidazole rings is 1. The van der Waals surface area contributed by atoms with Crippen molar-refractivity contribution >= 4 is 0 Å². The predicted molar refractivity (Wildman–Crippen MR) is 88.2 cm³/mol. The van der Waals surface area contributed by atoms with E-state index in [4.69, 9.17) is 0 Å². The fourth-order valence-corrected chi connectivity index (χ4v) is 2.93. The first-order valence-corrected chi connectivity index (χ1v) is 8.47. The van der Waals surface area contributed by atoms with Crippen LogP contribution in [0, 0.1) is 0 Å². The van der Waals surface area contributed by atoms with E-state index in [9.17, 15) is 0 Å². The van der Waals surface area contributed by atoms with Gasteiger partial charge in [-0.05, 0) is 31.2 Å². The molecule has 0 aliphatic carbocycles. The second kappa shape index (κ2) is 9.38. The standard InChI is InChI=1S/C19H28N2/c1-2-3-4-5-9-12-19(21-16-15-20-17-21)14-13-18-10-7-6-8-11-18/h6-8,10-11,15-17,19H,2-5,9,12-14H2,1H3/p+1. The molecule has 1 atom stereocenters. The van der Waals surface area contributed by atoms with E-state index >= 15 is 0 Å². The summed E-state index contributed by atoms with van der Waals surface area (Å²) in [5, 5.41) is 0. The molecular formula is C19H29N2+. The second-order valence-corrected chi connectivity index (χ2v) is 5.94. The zero-order chi connectivity index (χ0) is 14.8. The van der Waals surface area contributed by atoms with Crippen LogP contribution in [0.5, 0.6) is 0 Å². The molecule has 2 nitrogen and oxygen atoms in total. The van der Waals surface area contributed by atoms with Gasteiger partial charge >= 0.3 is 0 Å². The van der Waals surface area contributed by atoms with Gasteiger partial charge in [0.25, 0.3) is 0 Å². The highest BCUT2D eigenvalue weighted by molar-refractivity contribution is 5.14. The summed E-state index contributed by atoms with van der Waals surface area (Å²) in [6, 6.07) is 11.5. The topological polar surface area (TPSA) is 19.7 Å². The molecule has 1 unspecified atom stereocenters. The molecule has 0 spiro atoms. The van der Waals surface area contributed by atoms with Crippen molar-refractivity contribution < 1.29 is 4.57 Å². The fraction of sp³-hybridized carbons (Fsp3) is 0.526. The summed E-state index contributed by atoms with van der Waals surface area (Å²) < 4.78 is 2.35. The number of H-pyrrole nitrogens is 1. The van der Waals surface area contributed by atoms with Gasteiger partial charge in [0.1, 0.15) is 18.4 Å². The number of unbranched alkanes of at least 4 members (excludes halogenated alkanes) is 4. The number of nitrogens with zero attached hydrogens (tertiary/aromatic N) is 1. The Morgan fingerprint density at radius 1 is 1.00 bits per heavy atom. The summed E-state index contributed by atoms with van der Waals surface area (Å²) >= 11 is 0. The molecule has 0 fully saturated rings. The summed E-state index contributed by atoms with van der Waals surface area (Å²) in [6.45, 7) is 2.28. The van der Waals surface area contributed by atoms with Crippen LogP contribution in [-0.4, -0.2) is 4.98 Å². The minimum Gasteiger partial charge on any atom is -0.250 e. The van der Waals surface area contributed by atoms with Crippen LogP contribution in [0.25, 0.3) is 0 Å². The molecular weight excluding hydrogens is 256 g/mol. The van der Waals surface area contributed by atoms with Crippen LogP contribution in [0.4, 0.5) is 0 Å². The van der Waals surface area contributed by atoms with E-state index in [0.29, 0.717) is 6.04 Å². The fourth-order valence-electron chi connectivity index (χ4n) is 2.93. The van der Waals surface area contributed by atoms with Crippen LogP contribution < -0.4 is 4.57 Å². The maximum absolute atomic E-state index is 3.18. The second-order valence-electron chi connectivity index (χ2n) is 5.94. The molecule has 0 aliphatic rings. The van der Waals surface area contributed by atoms with Crippen LogP contribution in [0.15, 0.2) is 49.1 Å². The molecule has 114 valence electrons. The van der Waals surface area contributed by atoms with Gasteiger partial charge in [0.05, 0.1) is 0 Å². The maximum Gasteiger partial charge on any atom is 0.241 e. The number of rotatable bonds is 10. The van der Waals surface area contributed by atoms with Crippen LogP contribution >= 0.6 is 0 Å². The zero-order valence-corrected chi connectivity index (χ0v) is 13.3. The van der Waals surface area contributed by atoms with Crippen molar-refractivity contribution in [3.05, 3.63) is 54.6 Å². The molecule has 2 heteroatoms. The number of aromatic amines is 1. The van der Waals surface area contributed by atoms with E-state index in [1.807, 2.05) is 6.20 Å². The third-order valence-electron chi connectivity index (χ3n) is 4.24. The van der Waals surface area contributed by atoms with E-state index in [2.05, 4.69) is 59.3 Å². The van der Waals surface area contributed by atoms with Crippen molar-refractivity contribution in [3.63, 3.8) is 0 Å². The summed E-state index contributed by atoms with van der Waals surface area (Å²) in [5.74, 6) is 0. The summed E-state index contributed by atoms with van der Waals surface area (Å²) in [6.07, 6.45) is 16.8. The van der Waals surface area contributed by atoms with Gasteiger partial charge in [-0.15, -0.1) is 0 Å². The average Bonchev–Trinajstić information content (AvgIpc) is 3.05. The number of aryl methyl sites for hydroxylation is 1. The zero-order valence-electron chi connectivity index (χ0n) is 13.3. The molecule has 1 aromatic heterocycles. The highest BCUT2D eigenvalue weighted by Gasteiger charge is 2.15. The number of hydrogen-bond donors (Lipinski definition) is 1. The predicted octanol–water partition coefficient (Wildman–Crippen LogP) is 4.84. The first-order valence-electron chi connectivity index (χ1n) is 8.47. The van der Waals surface area contributed by atoms with Gasteiger partial charge in [-0.1, -0.05) is 62.9 Å². The number of aromatic nitrogens is 2. The normalized spacial score (nSPS) is 12.4. The van der Waals surface area contributed by atoms with Crippen molar-refractivity contribution in [3.8, 4) is 0 Å². The third-order valence-corrected chi connectivity index (χ3v) is 4.24. The van der Waals surface area contributed by atoms with E-state index in [0.717, 1.165) is 0 Å². The summed E-state index contributed by atoms with van der Waals surface area (Å²) in [4.78, 5) is 3.18. The maximum atomic E-state index is 3.18. The molecule has 0 saturated heterocycles. The van der Waals surface area contributed by atoms with E-state index < -0.39 is 0 Å². The smallest absolute Gasteiger partial charge is 0.241 e. The van der Waals surface area contributed by atoms with Gasteiger partial charge in [0.2, 0.25) is 6.33 Å². The lowest BCUT2D eigenvalue weighted by Gasteiger charge is -2.14. The van der Waals surface area contributed by atoms with Crippen molar-refractivity contribution in [1.82, 2.24) is 4.98 Å². The monoisotopic (exact) mass is 285 g/mol. The molecule has 1 N–H and O–H groups in total. The van der Waals surface area contributed by atoms with Crippen LogP contribution in [0.2, 0.25) is 0 Å². The lowest BCUT2D eigenvalue weighted by Crippen LogP contribution is -2.37. The molecule has 0 amide bonds.